The summed E-state index contributed by atoms with van der Waals surface area (Å²) in [7, 11) is 0. The van der Waals surface area contributed by atoms with Crippen LogP contribution in [0.1, 0.15) is 79.6 Å². The summed E-state index contributed by atoms with van der Waals surface area (Å²) in [5.41, 5.74) is 3.89. The molecule has 2 unspecified atom stereocenters. The largest absolute Gasteiger partial charge is 0.462 e. The van der Waals surface area contributed by atoms with Gasteiger partial charge in [0.1, 0.15) is 6.10 Å². The molecule has 0 radical (unpaired) electrons. The van der Waals surface area contributed by atoms with Gasteiger partial charge in [-0.25, -0.2) is 0 Å². The second kappa shape index (κ2) is 6.24. The van der Waals surface area contributed by atoms with E-state index in [1.807, 2.05) is 0 Å². The van der Waals surface area contributed by atoms with Crippen LogP contribution in [0.25, 0.3) is 0 Å². The van der Waals surface area contributed by atoms with Gasteiger partial charge in [0.2, 0.25) is 0 Å². The molecule has 4 aliphatic carbocycles. The fourth-order valence-corrected chi connectivity index (χ4v) is 7.35. The fraction of sp³-hybridized carbons (Fsp3) is 0.792. The Morgan fingerprint density at radius 2 is 2.00 bits per heavy atom. The van der Waals surface area contributed by atoms with Gasteiger partial charge in [-0.15, -0.1) is 0 Å². The maximum atomic E-state index is 11.9. The minimum absolute atomic E-state index is 0.0861. The fourth-order valence-electron chi connectivity index (χ4n) is 7.35. The summed E-state index contributed by atoms with van der Waals surface area (Å²) >= 11 is 0. The number of fused-ring (bicyclic) bond motifs is 5. The molecule has 0 aromatic rings. The van der Waals surface area contributed by atoms with Crippen LogP contribution in [0.15, 0.2) is 23.3 Å². The van der Waals surface area contributed by atoms with E-state index in [1.165, 1.54) is 38.5 Å². The van der Waals surface area contributed by atoms with Crippen molar-refractivity contribution >= 4 is 5.97 Å². The summed E-state index contributed by atoms with van der Waals surface area (Å²) in [6, 6.07) is 0. The molecule has 2 nitrogen and oxygen atoms in total. The van der Waals surface area contributed by atoms with Crippen molar-refractivity contribution in [3.05, 3.63) is 23.3 Å². The lowest BCUT2D eigenvalue weighted by Gasteiger charge is -2.58. The lowest BCUT2D eigenvalue weighted by atomic mass is 9.47. The first-order valence-corrected chi connectivity index (χ1v) is 10.8. The maximum Gasteiger partial charge on any atom is 0.302 e. The van der Waals surface area contributed by atoms with E-state index in [0.29, 0.717) is 23.2 Å². The Balaban J connectivity index is 1.77. The molecule has 3 saturated carbocycles. The number of esters is 1. The van der Waals surface area contributed by atoms with Crippen molar-refractivity contribution in [1.29, 1.82) is 0 Å². The SMILES string of the molecule is C/C=C1/CCC2C3C(=CC[C@]12C)[C@@]1(C)CC[C@@H](C)C[C@H]1C[C@H]3OC(C)=O. The zero-order valence-electron chi connectivity index (χ0n) is 17.3. The highest BCUT2D eigenvalue weighted by molar-refractivity contribution is 5.66. The highest BCUT2D eigenvalue weighted by Crippen LogP contribution is 2.66. The normalized spacial score (nSPS) is 49.0. The molecule has 0 aromatic heterocycles. The molecular formula is C24H36O2. The van der Waals surface area contributed by atoms with Gasteiger partial charge in [0.15, 0.2) is 0 Å². The van der Waals surface area contributed by atoms with E-state index in [-0.39, 0.29) is 17.5 Å². The summed E-state index contributed by atoms with van der Waals surface area (Å²) < 4.78 is 6.01. The second-order valence-corrected chi connectivity index (χ2v) is 10.1. The van der Waals surface area contributed by atoms with Crippen LogP contribution in [-0.4, -0.2) is 12.1 Å². The molecule has 0 amide bonds. The average molecular weight is 357 g/mol. The van der Waals surface area contributed by atoms with E-state index in [4.69, 9.17) is 4.74 Å². The van der Waals surface area contributed by atoms with Crippen molar-refractivity contribution in [2.24, 2.45) is 34.5 Å². The van der Waals surface area contributed by atoms with Crippen molar-refractivity contribution in [2.75, 3.05) is 0 Å². The van der Waals surface area contributed by atoms with Gasteiger partial charge in [0.25, 0.3) is 0 Å². The molecule has 0 heterocycles. The zero-order valence-corrected chi connectivity index (χ0v) is 17.3. The molecule has 0 aromatic carbocycles. The molecule has 0 aliphatic heterocycles. The Morgan fingerprint density at radius 3 is 2.69 bits per heavy atom. The highest BCUT2D eigenvalue weighted by atomic mass is 16.5. The maximum absolute atomic E-state index is 11.9. The van der Waals surface area contributed by atoms with Gasteiger partial charge in [0.05, 0.1) is 0 Å². The van der Waals surface area contributed by atoms with Gasteiger partial charge in [-0.2, -0.15) is 0 Å². The molecule has 2 heteroatoms. The first-order valence-electron chi connectivity index (χ1n) is 10.8. The van der Waals surface area contributed by atoms with Crippen LogP contribution in [0.4, 0.5) is 0 Å². The second-order valence-electron chi connectivity index (χ2n) is 10.1. The smallest absolute Gasteiger partial charge is 0.302 e. The Labute approximate surface area is 159 Å². The first kappa shape index (κ1) is 18.3. The molecule has 3 fully saturated rings. The summed E-state index contributed by atoms with van der Waals surface area (Å²) in [6.07, 6.45) is 13.7. The Kier molecular flexibility index (Phi) is 4.40. The monoisotopic (exact) mass is 356 g/mol. The molecule has 26 heavy (non-hydrogen) atoms. The van der Waals surface area contributed by atoms with Crippen LogP contribution in [0.2, 0.25) is 0 Å². The number of ether oxygens (including phenoxy) is 1. The van der Waals surface area contributed by atoms with E-state index in [2.05, 4.69) is 39.8 Å². The molecule has 0 saturated heterocycles. The van der Waals surface area contributed by atoms with Crippen LogP contribution >= 0.6 is 0 Å². The summed E-state index contributed by atoms with van der Waals surface area (Å²) in [6.45, 7) is 11.2. The van der Waals surface area contributed by atoms with Gasteiger partial charge in [-0.1, -0.05) is 44.1 Å². The summed E-state index contributed by atoms with van der Waals surface area (Å²) in [4.78, 5) is 11.9. The Morgan fingerprint density at radius 1 is 1.23 bits per heavy atom. The molecule has 144 valence electrons. The minimum atomic E-state index is -0.0988. The molecule has 0 bridgehead atoms. The van der Waals surface area contributed by atoms with Crippen molar-refractivity contribution in [3.63, 3.8) is 0 Å². The highest BCUT2D eigenvalue weighted by Gasteiger charge is 2.59. The molecule has 7 atom stereocenters. The van der Waals surface area contributed by atoms with Crippen molar-refractivity contribution in [2.45, 2.75) is 85.7 Å². The van der Waals surface area contributed by atoms with Gasteiger partial charge >= 0.3 is 5.97 Å². The number of carbonyl (C=O) groups is 1. The average Bonchev–Trinajstić information content (AvgIpc) is 2.92. The third-order valence-electron chi connectivity index (χ3n) is 8.80. The molecule has 0 N–H and O–H groups in total. The number of hydrogen-bond acceptors (Lipinski definition) is 2. The Bertz CT molecular complexity index is 659. The number of allylic oxidation sites excluding steroid dienone is 3. The predicted molar refractivity (Wildman–Crippen MR) is 106 cm³/mol. The molecule has 4 rings (SSSR count). The topological polar surface area (TPSA) is 26.3 Å². The molecular weight excluding hydrogens is 320 g/mol. The van der Waals surface area contributed by atoms with Gasteiger partial charge in [-0.3, -0.25) is 4.79 Å². The van der Waals surface area contributed by atoms with Crippen LogP contribution < -0.4 is 0 Å². The number of rotatable bonds is 1. The van der Waals surface area contributed by atoms with Crippen molar-refractivity contribution < 1.29 is 9.53 Å². The molecule has 0 spiro atoms. The van der Waals surface area contributed by atoms with E-state index < -0.39 is 0 Å². The predicted octanol–water partition coefficient (Wildman–Crippen LogP) is 6.07. The third kappa shape index (κ3) is 2.54. The number of carbonyl (C=O) groups excluding carboxylic acids is 1. The quantitative estimate of drug-likeness (QED) is 0.421. The van der Waals surface area contributed by atoms with E-state index in [1.54, 1.807) is 18.1 Å². The summed E-state index contributed by atoms with van der Waals surface area (Å²) in [5, 5.41) is 0. The van der Waals surface area contributed by atoms with E-state index >= 15 is 0 Å². The van der Waals surface area contributed by atoms with E-state index in [9.17, 15) is 4.79 Å². The minimum Gasteiger partial charge on any atom is -0.462 e. The van der Waals surface area contributed by atoms with Crippen molar-refractivity contribution in [1.82, 2.24) is 0 Å². The van der Waals surface area contributed by atoms with Crippen LogP contribution in [0.3, 0.4) is 0 Å². The standard InChI is InChI=1S/C24H36O2/c1-6-17-7-8-19-22-20(10-12-23(17,19)4)24(5)11-9-15(2)13-18(24)14-21(22)26-16(3)25/h6,10,15,18-19,21-22H,7-9,11-14H2,1-5H3/b17-6-/t15-,18+,19?,21-,22?,23-,24+/m1/s1. The van der Waals surface area contributed by atoms with Crippen LogP contribution in [0.5, 0.6) is 0 Å². The lowest BCUT2D eigenvalue weighted by Crippen LogP contribution is -2.53. The lowest BCUT2D eigenvalue weighted by molar-refractivity contribution is -0.156. The third-order valence-corrected chi connectivity index (χ3v) is 8.80. The van der Waals surface area contributed by atoms with Gasteiger partial charge in [-0.05, 0) is 80.5 Å². The zero-order chi connectivity index (χ0) is 18.7. The Hall–Kier alpha value is -1.05. The van der Waals surface area contributed by atoms with Crippen LogP contribution in [0, 0.1) is 34.5 Å². The van der Waals surface area contributed by atoms with Gasteiger partial charge < -0.3 is 4.74 Å². The van der Waals surface area contributed by atoms with Crippen molar-refractivity contribution in [3.8, 4) is 0 Å². The van der Waals surface area contributed by atoms with Crippen LogP contribution in [-0.2, 0) is 9.53 Å². The summed E-state index contributed by atoms with van der Waals surface area (Å²) in [5.74, 6) is 2.45. The number of hydrogen-bond donors (Lipinski definition) is 0. The molecule has 4 aliphatic rings. The van der Waals surface area contributed by atoms with E-state index in [0.717, 1.165) is 12.3 Å². The van der Waals surface area contributed by atoms with Gasteiger partial charge in [0, 0.05) is 12.8 Å². The first-order chi connectivity index (χ1) is 12.3.